The molecule has 1 aromatic rings. The number of ketones is 1. The Morgan fingerprint density at radius 2 is 1.67 bits per heavy atom. The van der Waals surface area contributed by atoms with E-state index in [4.69, 9.17) is 3.63 Å². The van der Waals surface area contributed by atoms with Crippen molar-refractivity contribution in [2.75, 3.05) is 12.0 Å². The average Bonchev–Trinajstić information content (AvgIpc) is 3.12. The molecule has 0 aliphatic heterocycles. The number of carbonyl (C=O) groups excluding carboxylic acids is 1. The first-order valence-corrected chi connectivity index (χ1v) is 23.5. The summed E-state index contributed by atoms with van der Waals surface area (Å²) >= 11 is -3.36. The molecule has 0 amide bonds. The molecule has 2 unspecified atom stereocenters. The van der Waals surface area contributed by atoms with Crippen molar-refractivity contribution in [3.63, 3.8) is 0 Å². The van der Waals surface area contributed by atoms with E-state index in [1.807, 2.05) is 20.9 Å². The van der Waals surface area contributed by atoms with Crippen LogP contribution >= 0.6 is 10.3 Å². The molecule has 0 heterocycles. The van der Waals surface area contributed by atoms with E-state index in [1.165, 1.54) is 6.26 Å². The van der Waals surface area contributed by atoms with E-state index in [0.29, 0.717) is 5.56 Å². The van der Waals surface area contributed by atoms with Crippen LogP contribution in [0.5, 0.6) is 0 Å². The number of allylic oxidation sites excluding steroid dienone is 1. The van der Waals surface area contributed by atoms with Crippen LogP contribution in [0.3, 0.4) is 0 Å². The van der Waals surface area contributed by atoms with Gasteiger partial charge in [-0.2, -0.15) is 0 Å². The molecule has 1 fully saturated rings. The summed E-state index contributed by atoms with van der Waals surface area (Å²) < 4.78 is 67.8. The van der Waals surface area contributed by atoms with Crippen LogP contribution in [0.4, 0.5) is 13.2 Å². The summed E-state index contributed by atoms with van der Waals surface area (Å²) in [5.41, 5.74) is -4.07. The van der Waals surface area contributed by atoms with E-state index in [1.54, 1.807) is 30.3 Å². The van der Waals surface area contributed by atoms with E-state index in [-0.39, 0.29) is 11.5 Å². The van der Waals surface area contributed by atoms with Gasteiger partial charge < -0.3 is 0 Å². The van der Waals surface area contributed by atoms with Gasteiger partial charge in [0.05, 0.1) is 0 Å². The first-order chi connectivity index (χ1) is 13.7. The minimum absolute atomic E-state index is 0.0229. The first-order valence-electron chi connectivity index (χ1n) is 9.72. The summed E-state index contributed by atoms with van der Waals surface area (Å²) in [7, 11) is -8.79. The Balaban J connectivity index is 2.57. The molecule has 0 aromatic heterocycles. The van der Waals surface area contributed by atoms with Gasteiger partial charge >= 0.3 is 183 Å². The van der Waals surface area contributed by atoms with Crippen molar-refractivity contribution < 1.29 is 30.0 Å². The minimum atomic E-state index is -5.83. The number of alkyl halides is 3. The fraction of sp³-hybridized carbons (Fsp3) is 0.550. The van der Waals surface area contributed by atoms with Crippen molar-refractivity contribution in [3.8, 4) is 0 Å². The van der Waals surface area contributed by atoms with Crippen molar-refractivity contribution in [1.82, 2.24) is 0 Å². The Kier molecular flexibility index (Phi) is 8.18. The summed E-state index contributed by atoms with van der Waals surface area (Å²) in [6, 6.07) is 8.33. The molecule has 0 spiro atoms. The van der Waals surface area contributed by atoms with Crippen LogP contribution in [0.25, 0.3) is 0 Å². The normalized spacial score (nSPS) is 19.8. The van der Waals surface area contributed by atoms with Crippen LogP contribution in [0.15, 0.2) is 42.0 Å². The third-order valence-electron chi connectivity index (χ3n) is 5.06. The van der Waals surface area contributed by atoms with E-state index in [2.05, 4.69) is 0 Å². The van der Waals surface area contributed by atoms with Crippen molar-refractivity contribution in [2.45, 2.75) is 49.3 Å². The molecule has 1 aromatic carbocycles. The predicted octanol–water partition coefficient (Wildman–Crippen LogP) is 5.83. The third kappa shape index (κ3) is 6.26. The molecule has 0 radical (unpaired) electrons. The number of carbonyl (C=O) groups is 1. The molecule has 30 heavy (non-hydrogen) atoms. The quantitative estimate of drug-likeness (QED) is 0.170. The van der Waals surface area contributed by atoms with Crippen LogP contribution in [0.2, 0.25) is 14.8 Å². The number of halogens is 3. The third-order valence-corrected chi connectivity index (χ3v) is 23.9. The second kappa shape index (κ2) is 9.54. The van der Waals surface area contributed by atoms with Crippen LogP contribution in [-0.2, 0) is 13.7 Å². The van der Waals surface area contributed by atoms with Crippen molar-refractivity contribution in [3.05, 3.63) is 47.5 Å². The number of rotatable bonds is 8. The molecule has 2 atom stereocenters. The second-order valence-electron chi connectivity index (χ2n) is 8.75. The zero-order valence-corrected chi connectivity index (χ0v) is 22.1. The van der Waals surface area contributed by atoms with Gasteiger partial charge in [0, 0.05) is 0 Å². The van der Waals surface area contributed by atoms with Gasteiger partial charge in [-0.05, 0) is 0 Å². The number of Topliss-reactive ketones (excluding diaryl/α,β-unsaturated/α-hetero) is 1. The monoisotopic (exact) mass is 574 g/mol. The van der Waals surface area contributed by atoms with Crippen molar-refractivity contribution in [1.29, 1.82) is 0 Å². The molecule has 1 aliphatic rings. The SMILES string of the molecule is CS(CC=C1CCCC1)(OS(=O)(=O)C(F)(F)F)[CH](C(=O)c1ccccc1)[Sn]([CH3])([CH3])[CH3]. The van der Waals surface area contributed by atoms with Crippen molar-refractivity contribution >= 4 is 44.6 Å². The maximum absolute atomic E-state index is 13.5. The molecule has 0 saturated heterocycles. The fourth-order valence-corrected chi connectivity index (χ4v) is 26.5. The Morgan fingerprint density at radius 1 is 1.13 bits per heavy atom. The van der Waals surface area contributed by atoms with Crippen LogP contribution in [-0.4, -0.2) is 53.4 Å². The Bertz CT molecular complexity index is 885. The molecule has 1 saturated carbocycles. The Hall–Kier alpha value is -0.521. The van der Waals surface area contributed by atoms with Gasteiger partial charge in [-0.1, -0.05) is 0 Å². The molecular weight excluding hydrogens is 544 g/mol. The zero-order chi connectivity index (χ0) is 22.8. The summed E-state index contributed by atoms with van der Waals surface area (Å²) in [6.07, 6.45) is 6.94. The van der Waals surface area contributed by atoms with Gasteiger partial charge in [0.1, 0.15) is 0 Å². The van der Waals surface area contributed by atoms with Gasteiger partial charge in [-0.25, -0.2) is 0 Å². The van der Waals surface area contributed by atoms with E-state index in [0.717, 1.165) is 31.3 Å². The summed E-state index contributed by atoms with van der Waals surface area (Å²) in [6.45, 7) is 0. The standard InChI is InChI=1S/C17H20F3O4S2.3CH3.Sn/c1-25(12-11-14-7-5-6-8-14,24-26(22,23)17(18,19)20)13-16(21)15-9-3-2-4-10-15;;;;/h2-4,9-11,13H,5-8,12H2,1H3;3*1H3;. The van der Waals surface area contributed by atoms with E-state index < -0.39 is 47.6 Å². The molecule has 1 aliphatic carbocycles. The Morgan fingerprint density at radius 3 is 2.13 bits per heavy atom. The van der Waals surface area contributed by atoms with E-state index >= 15 is 0 Å². The van der Waals surface area contributed by atoms with Gasteiger partial charge in [0.15, 0.2) is 0 Å². The van der Waals surface area contributed by atoms with Gasteiger partial charge in [0.25, 0.3) is 0 Å². The molecule has 0 bridgehead atoms. The van der Waals surface area contributed by atoms with Gasteiger partial charge in [0.2, 0.25) is 0 Å². The van der Waals surface area contributed by atoms with Gasteiger partial charge in [-0.15, -0.1) is 0 Å². The van der Waals surface area contributed by atoms with Gasteiger partial charge in [-0.3, -0.25) is 0 Å². The fourth-order valence-electron chi connectivity index (χ4n) is 3.84. The van der Waals surface area contributed by atoms with Crippen LogP contribution < -0.4 is 0 Å². The number of hydrogen-bond acceptors (Lipinski definition) is 4. The van der Waals surface area contributed by atoms with Crippen molar-refractivity contribution in [2.24, 2.45) is 0 Å². The van der Waals surface area contributed by atoms with Crippen LogP contribution in [0, 0.1) is 0 Å². The predicted molar refractivity (Wildman–Crippen MR) is 119 cm³/mol. The van der Waals surface area contributed by atoms with Crippen LogP contribution in [0.1, 0.15) is 36.0 Å². The average molecular weight is 573 g/mol. The molecule has 2 rings (SSSR count). The molecule has 0 N–H and O–H groups in total. The summed E-state index contributed by atoms with van der Waals surface area (Å²) in [4.78, 5) is 19.3. The number of benzene rings is 1. The molecule has 4 nitrogen and oxygen atoms in total. The molecular formula is C20H29F3O4S2Sn. The van der Waals surface area contributed by atoms with E-state index in [9.17, 15) is 26.4 Å². The maximum atomic E-state index is 13.5. The Labute approximate surface area is 182 Å². The second-order valence-corrected chi connectivity index (χ2v) is 30.0. The molecule has 10 heteroatoms. The zero-order valence-electron chi connectivity index (χ0n) is 17.7. The number of hydrogen-bond donors (Lipinski definition) is 0. The molecule has 170 valence electrons. The summed E-state index contributed by atoms with van der Waals surface area (Å²) in [5, 5.41) is 0. The topological polar surface area (TPSA) is 60.4 Å². The summed E-state index contributed by atoms with van der Waals surface area (Å²) in [5.74, 6) is -0.298. The first kappa shape index (κ1) is 25.7.